The molecule has 1 aromatic carbocycles. The number of non-ortho nitro benzene ring substituents is 1. The van der Waals surface area contributed by atoms with Gasteiger partial charge in [0.05, 0.1) is 28.2 Å². The van der Waals surface area contributed by atoms with Crippen LogP contribution in [0.5, 0.6) is 0 Å². The molecule has 1 saturated heterocycles. The minimum absolute atomic E-state index is 0.0762. The van der Waals surface area contributed by atoms with Crippen molar-refractivity contribution in [1.29, 1.82) is 0 Å². The van der Waals surface area contributed by atoms with Crippen molar-refractivity contribution >= 4 is 46.3 Å². The molecular weight excluding hydrogens is 354 g/mol. The molecule has 130 valence electrons. The average molecular weight is 372 g/mol. The Bertz CT molecular complexity index is 656. The van der Waals surface area contributed by atoms with Gasteiger partial charge in [0.15, 0.2) is 5.11 Å². The molecule has 1 aromatic rings. The van der Waals surface area contributed by atoms with Gasteiger partial charge in [0.2, 0.25) is 0 Å². The van der Waals surface area contributed by atoms with E-state index in [-0.39, 0.29) is 17.6 Å². The standard InChI is InChI=1S/C15H18ClN3O4S/c1-2-23-14(20)10-4-3-7-18(9-10)15(24)17-13-8-11(19(21)22)5-6-12(13)16/h5-6,8,10H,2-4,7,9H2,1H3,(H,17,24)/t10-/m1/s1. The molecule has 1 fully saturated rings. The van der Waals surface area contributed by atoms with Crippen LogP contribution in [0.3, 0.4) is 0 Å². The minimum atomic E-state index is -0.498. The van der Waals surface area contributed by atoms with Crippen LogP contribution < -0.4 is 5.32 Å². The molecule has 1 aliphatic rings. The first kappa shape index (κ1) is 18.4. The number of anilines is 1. The summed E-state index contributed by atoms with van der Waals surface area (Å²) in [6.07, 6.45) is 1.57. The maximum absolute atomic E-state index is 11.9. The first-order valence-corrected chi connectivity index (χ1v) is 8.37. The van der Waals surface area contributed by atoms with Gasteiger partial charge in [0, 0.05) is 25.2 Å². The fraction of sp³-hybridized carbons (Fsp3) is 0.467. The normalized spacial score (nSPS) is 17.2. The lowest BCUT2D eigenvalue weighted by Gasteiger charge is -2.33. The molecule has 1 heterocycles. The number of nitro benzene ring substituents is 1. The smallest absolute Gasteiger partial charge is 0.310 e. The lowest BCUT2D eigenvalue weighted by atomic mass is 9.98. The van der Waals surface area contributed by atoms with Gasteiger partial charge in [-0.3, -0.25) is 14.9 Å². The highest BCUT2D eigenvalue weighted by Gasteiger charge is 2.28. The zero-order chi connectivity index (χ0) is 17.7. The summed E-state index contributed by atoms with van der Waals surface area (Å²) in [5, 5.41) is 14.5. The molecule has 7 nitrogen and oxygen atoms in total. The number of esters is 1. The molecular formula is C15H18ClN3O4S. The molecule has 2 rings (SSSR count). The van der Waals surface area contributed by atoms with E-state index in [2.05, 4.69) is 5.32 Å². The summed E-state index contributed by atoms with van der Waals surface area (Å²) in [6, 6.07) is 4.11. The number of nitrogens with zero attached hydrogens (tertiary/aromatic N) is 2. The number of rotatable bonds is 4. The Morgan fingerprint density at radius 3 is 3.00 bits per heavy atom. The van der Waals surface area contributed by atoms with Gasteiger partial charge in [-0.2, -0.15) is 0 Å². The predicted octanol–water partition coefficient (Wildman–Crippen LogP) is 3.22. The van der Waals surface area contributed by atoms with Crippen molar-refractivity contribution in [3.05, 3.63) is 33.3 Å². The monoisotopic (exact) mass is 371 g/mol. The summed E-state index contributed by atoms with van der Waals surface area (Å²) in [7, 11) is 0. The summed E-state index contributed by atoms with van der Waals surface area (Å²) in [4.78, 5) is 24.1. The molecule has 0 spiro atoms. The Hall–Kier alpha value is -1.93. The molecule has 1 aliphatic heterocycles. The van der Waals surface area contributed by atoms with E-state index in [9.17, 15) is 14.9 Å². The van der Waals surface area contributed by atoms with Crippen LogP contribution in [0.1, 0.15) is 19.8 Å². The molecule has 0 bridgehead atoms. The Morgan fingerprint density at radius 1 is 1.58 bits per heavy atom. The molecule has 0 radical (unpaired) electrons. The van der Waals surface area contributed by atoms with E-state index >= 15 is 0 Å². The molecule has 0 saturated carbocycles. The molecule has 1 atom stereocenters. The third-order valence-electron chi connectivity index (χ3n) is 3.73. The summed E-state index contributed by atoms with van der Waals surface area (Å²) >= 11 is 11.4. The highest BCUT2D eigenvalue weighted by atomic mass is 35.5. The average Bonchev–Trinajstić information content (AvgIpc) is 2.57. The number of halogens is 1. The zero-order valence-electron chi connectivity index (χ0n) is 13.2. The second kappa shape index (κ2) is 8.25. The number of carbonyl (C=O) groups excluding carboxylic acids is 1. The van der Waals surface area contributed by atoms with E-state index in [1.54, 1.807) is 6.92 Å². The first-order valence-electron chi connectivity index (χ1n) is 7.59. The van der Waals surface area contributed by atoms with Gasteiger partial charge in [-0.1, -0.05) is 11.6 Å². The molecule has 0 aliphatic carbocycles. The van der Waals surface area contributed by atoms with Crippen LogP contribution in [0.25, 0.3) is 0 Å². The summed E-state index contributed by atoms with van der Waals surface area (Å²) in [5.41, 5.74) is 0.293. The number of ether oxygens (including phenoxy) is 1. The number of nitro groups is 1. The maximum atomic E-state index is 11.9. The Balaban J connectivity index is 2.05. The van der Waals surface area contributed by atoms with Gasteiger partial charge >= 0.3 is 5.97 Å². The van der Waals surface area contributed by atoms with Crippen LogP contribution in [0.2, 0.25) is 5.02 Å². The van der Waals surface area contributed by atoms with Crippen LogP contribution in [0.4, 0.5) is 11.4 Å². The molecule has 0 amide bonds. The van der Waals surface area contributed by atoms with Crippen LogP contribution in [-0.2, 0) is 9.53 Å². The molecule has 9 heteroatoms. The van der Waals surface area contributed by atoms with Gasteiger partial charge in [-0.15, -0.1) is 0 Å². The van der Waals surface area contributed by atoms with Crippen molar-refractivity contribution in [1.82, 2.24) is 4.90 Å². The fourth-order valence-corrected chi connectivity index (χ4v) is 2.97. The van der Waals surface area contributed by atoms with Crippen molar-refractivity contribution in [3.63, 3.8) is 0 Å². The van der Waals surface area contributed by atoms with E-state index in [4.69, 9.17) is 28.6 Å². The van der Waals surface area contributed by atoms with Crippen LogP contribution >= 0.6 is 23.8 Å². The molecule has 0 aromatic heterocycles. The molecule has 24 heavy (non-hydrogen) atoms. The first-order chi connectivity index (χ1) is 11.4. The van der Waals surface area contributed by atoms with Crippen LogP contribution in [0.15, 0.2) is 18.2 Å². The van der Waals surface area contributed by atoms with E-state index in [1.165, 1.54) is 18.2 Å². The summed E-state index contributed by atoms with van der Waals surface area (Å²) < 4.78 is 5.06. The topological polar surface area (TPSA) is 84.7 Å². The Kier molecular flexibility index (Phi) is 6.33. The number of piperidine rings is 1. The van der Waals surface area contributed by atoms with Crippen molar-refractivity contribution < 1.29 is 14.5 Å². The van der Waals surface area contributed by atoms with Gasteiger partial charge in [0.25, 0.3) is 5.69 Å². The second-order valence-electron chi connectivity index (χ2n) is 5.39. The quantitative estimate of drug-likeness (QED) is 0.376. The number of thiocarbonyl (C=S) groups is 1. The lowest BCUT2D eigenvalue weighted by molar-refractivity contribution is -0.384. The van der Waals surface area contributed by atoms with Gasteiger partial charge in [-0.05, 0) is 38.0 Å². The largest absolute Gasteiger partial charge is 0.466 e. The summed E-state index contributed by atoms with van der Waals surface area (Å²) in [6.45, 7) is 3.28. The van der Waals surface area contributed by atoms with Crippen molar-refractivity contribution in [2.24, 2.45) is 5.92 Å². The third-order valence-corrected chi connectivity index (χ3v) is 4.42. The van der Waals surface area contributed by atoms with Gasteiger partial charge in [-0.25, -0.2) is 0 Å². The highest BCUT2D eigenvalue weighted by molar-refractivity contribution is 7.80. The number of hydrogen-bond donors (Lipinski definition) is 1. The SMILES string of the molecule is CCOC(=O)[C@@H]1CCCN(C(=S)Nc2cc([N+](=O)[O-])ccc2Cl)C1. The lowest BCUT2D eigenvalue weighted by Crippen LogP contribution is -2.44. The predicted molar refractivity (Wildman–Crippen MR) is 95.3 cm³/mol. The zero-order valence-corrected chi connectivity index (χ0v) is 14.7. The van der Waals surface area contributed by atoms with Gasteiger partial charge in [0.1, 0.15) is 0 Å². The number of benzene rings is 1. The van der Waals surface area contributed by atoms with E-state index in [0.29, 0.717) is 35.5 Å². The van der Waals surface area contributed by atoms with Crippen molar-refractivity contribution in [2.75, 3.05) is 25.0 Å². The molecule has 1 N–H and O–H groups in total. The van der Waals surface area contributed by atoms with Crippen LogP contribution in [0, 0.1) is 16.0 Å². The Labute approximate surface area is 150 Å². The second-order valence-corrected chi connectivity index (χ2v) is 6.18. The number of carbonyl (C=O) groups is 1. The van der Waals surface area contributed by atoms with Crippen LogP contribution in [-0.4, -0.2) is 40.6 Å². The molecule has 0 unspecified atom stereocenters. The van der Waals surface area contributed by atoms with E-state index < -0.39 is 4.92 Å². The minimum Gasteiger partial charge on any atom is -0.466 e. The Morgan fingerprint density at radius 2 is 2.33 bits per heavy atom. The van der Waals surface area contributed by atoms with E-state index in [1.807, 2.05) is 4.90 Å². The van der Waals surface area contributed by atoms with Crippen molar-refractivity contribution in [2.45, 2.75) is 19.8 Å². The summed E-state index contributed by atoms with van der Waals surface area (Å²) in [5.74, 6) is -0.447. The maximum Gasteiger partial charge on any atom is 0.310 e. The third kappa shape index (κ3) is 4.55. The van der Waals surface area contributed by atoms with E-state index in [0.717, 1.165) is 12.8 Å². The number of likely N-dealkylation sites (tertiary alicyclic amines) is 1. The van der Waals surface area contributed by atoms with Gasteiger partial charge < -0.3 is 15.0 Å². The number of hydrogen-bond acceptors (Lipinski definition) is 5. The fourth-order valence-electron chi connectivity index (χ4n) is 2.53. The number of nitrogens with one attached hydrogen (secondary N) is 1. The highest BCUT2D eigenvalue weighted by Crippen LogP contribution is 2.27. The van der Waals surface area contributed by atoms with Crippen molar-refractivity contribution in [3.8, 4) is 0 Å².